The Kier molecular flexibility index (Phi) is 5.68. The Labute approximate surface area is 81.1 Å². The van der Waals surface area contributed by atoms with Crippen LogP contribution in [0.1, 0.15) is 33.6 Å². The van der Waals surface area contributed by atoms with Gasteiger partial charge in [0.25, 0.3) is 0 Å². The van der Waals surface area contributed by atoms with E-state index in [4.69, 9.17) is 10.00 Å². The van der Waals surface area contributed by atoms with E-state index >= 15 is 0 Å². The van der Waals surface area contributed by atoms with Gasteiger partial charge in [0.15, 0.2) is 0 Å². The lowest BCUT2D eigenvalue weighted by Gasteiger charge is -2.25. The van der Waals surface area contributed by atoms with E-state index in [0.717, 1.165) is 13.0 Å². The Morgan fingerprint density at radius 1 is 1.54 bits per heavy atom. The van der Waals surface area contributed by atoms with Gasteiger partial charge in [-0.2, -0.15) is 5.26 Å². The molecule has 76 valence electrons. The van der Waals surface area contributed by atoms with Crippen molar-refractivity contribution in [3.05, 3.63) is 0 Å². The van der Waals surface area contributed by atoms with Gasteiger partial charge in [-0.25, -0.2) is 0 Å². The molecule has 1 N–H and O–H groups in total. The Balaban J connectivity index is 3.78. The van der Waals surface area contributed by atoms with E-state index < -0.39 is 0 Å². The highest BCUT2D eigenvalue weighted by atomic mass is 16.5. The quantitative estimate of drug-likeness (QED) is 0.683. The van der Waals surface area contributed by atoms with Crippen molar-refractivity contribution in [2.45, 2.75) is 45.3 Å². The van der Waals surface area contributed by atoms with Gasteiger partial charge < -0.3 is 10.1 Å². The number of hydrogen-bond donors (Lipinski definition) is 1. The van der Waals surface area contributed by atoms with Gasteiger partial charge in [0.2, 0.25) is 0 Å². The molecule has 0 aromatic rings. The molecule has 0 amide bonds. The SMILES string of the molecule is CCC(CC#N)NCC(C)(C)OC. The number of methoxy groups -OCH3 is 1. The zero-order valence-electron chi connectivity index (χ0n) is 9.05. The topological polar surface area (TPSA) is 45.0 Å². The van der Waals surface area contributed by atoms with Gasteiger partial charge >= 0.3 is 0 Å². The van der Waals surface area contributed by atoms with Crippen LogP contribution in [0.2, 0.25) is 0 Å². The maximum absolute atomic E-state index is 8.53. The summed E-state index contributed by atoms with van der Waals surface area (Å²) in [5.41, 5.74) is -0.150. The van der Waals surface area contributed by atoms with Gasteiger partial charge in [-0.1, -0.05) is 6.92 Å². The molecule has 0 fully saturated rings. The van der Waals surface area contributed by atoms with E-state index in [-0.39, 0.29) is 5.60 Å². The van der Waals surface area contributed by atoms with Crippen LogP contribution in [0, 0.1) is 11.3 Å². The molecule has 0 heterocycles. The average molecular weight is 184 g/mol. The molecule has 0 radical (unpaired) electrons. The predicted octanol–water partition coefficient (Wildman–Crippen LogP) is 1.69. The Hall–Kier alpha value is -0.590. The molecule has 1 atom stereocenters. The third-order valence-electron chi connectivity index (χ3n) is 2.20. The zero-order valence-corrected chi connectivity index (χ0v) is 9.05. The fraction of sp³-hybridized carbons (Fsp3) is 0.900. The maximum Gasteiger partial charge on any atom is 0.0746 e. The second-order valence-electron chi connectivity index (χ2n) is 3.81. The summed E-state index contributed by atoms with van der Waals surface area (Å²) < 4.78 is 5.27. The summed E-state index contributed by atoms with van der Waals surface area (Å²) in [6, 6.07) is 2.46. The first-order chi connectivity index (χ1) is 6.05. The first kappa shape index (κ1) is 12.4. The Bertz CT molecular complexity index is 172. The van der Waals surface area contributed by atoms with Gasteiger partial charge in [0, 0.05) is 19.7 Å². The van der Waals surface area contributed by atoms with Crippen molar-refractivity contribution in [3.63, 3.8) is 0 Å². The summed E-state index contributed by atoms with van der Waals surface area (Å²) in [7, 11) is 1.70. The van der Waals surface area contributed by atoms with Crippen molar-refractivity contribution in [2.75, 3.05) is 13.7 Å². The number of nitrogens with zero attached hydrogens (tertiary/aromatic N) is 1. The predicted molar refractivity (Wildman–Crippen MR) is 53.4 cm³/mol. The second-order valence-corrected chi connectivity index (χ2v) is 3.81. The second kappa shape index (κ2) is 5.95. The van der Waals surface area contributed by atoms with Gasteiger partial charge in [-0.05, 0) is 20.3 Å². The maximum atomic E-state index is 8.53. The lowest BCUT2D eigenvalue weighted by molar-refractivity contribution is 0.0210. The number of ether oxygens (including phenoxy) is 1. The normalized spacial score (nSPS) is 13.8. The molecule has 0 spiro atoms. The molecular formula is C10H20N2O. The largest absolute Gasteiger partial charge is 0.377 e. The Morgan fingerprint density at radius 2 is 2.15 bits per heavy atom. The van der Waals surface area contributed by atoms with Crippen molar-refractivity contribution in [1.82, 2.24) is 5.32 Å². The average Bonchev–Trinajstić information content (AvgIpc) is 2.12. The number of nitriles is 1. The summed E-state index contributed by atoms with van der Waals surface area (Å²) in [6.07, 6.45) is 1.55. The lowest BCUT2D eigenvalue weighted by Crippen LogP contribution is -2.41. The van der Waals surface area contributed by atoms with Crippen LogP contribution in [-0.2, 0) is 4.74 Å². The number of rotatable bonds is 6. The molecule has 0 aromatic carbocycles. The molecule has 13 heavy (non-hydrogen) atoms. The summed E-state index contributed by atoms with van der Waals surface area (Å²) >= 11 is 0. The van der Waals surface area contributed by atoms with Crippen LogP contribution in [0.5, 0.6) is 0 Å². The molecule has 0 bridgehead atoms. The third-order valence-corrected chi connectivity index (χ3v) is 2.20. The fourth-order valence-corrected chi connectivity index (χ4v) is 0.933. The van der Waals surface area contributed by atoms with Crippen LogP contribution in [0.4, 0.5) is 0 Å². The lowest BCUT2D eigenvalue weighted by atomic mass is 10.1. The molecule has 0 rings (SSSR count). The smallest absolute Gasteiger partial charge is 0.0746 e. The highest BCUT2D eigenvalue weighted by Crippen LogP contribution is 2.06. The van der Waals surface area contributed by atoms with Gasteiger partial charge in [0.1, 0.15) is 0 Å². The van der Waals surface area contributed by atoms with Crippen LogP contribution < -0.4 is 5.32 Å². The van der Waals surface area contributed by atoms with E-state index in [1.165, 1.54) is 0 Å². The standard InChI is InChI=1S/C10H20N2O/c1-5-9(6-7-11)12-8-10(2,3)13-4/h9,12H,5-6,8H2,1-4H3. The first-order valence-electron chi connectivity index (χ1n) is 4.71. The van der Waals surface area contributed by atoms with Crippen LogP contribution >= 0.6 is 0 Å². The zero-order chi connectivity index (χ0) is 10.3. The van der Waals surface area contributed by atoms with Crippen LogP contribution in [0.25, 0.3) is 0 Å². The fourth-order valence-electron chi connectivity index (χ4n) is 0.933. The number of hydrogen-bond acceptors (Lipinski definition) is 3. The van der Waals surface area contributed by atoms with E-state index in [1.807, 2.05) is 13.8 Å². The highest BCUT2D eigenvalue weighted by molar-refractivity contribution is 4.82. The van der Waals surface area contributed by atoms with Crippen molar-refractivity contribution >= 4 is 0 Å². The van der Waals surface area contributed by atoms with E-state index in [0.29, 0.717) is 12.5 Å². The van der Waals surface area contributed by atoms with E-state index in [1.54, 1.807) is 7.11 Å². The summed E-state index contributed by atoms with van der Waals surface area (Å²) in [5.74, 6) is 0. The van der Waals surface area contributed by atoms with E-state index in [2.05, 4.69) is 18.3 Å². The third kappa shape index (κ3) is 5.62. The minimum Gasteiger partial charge on any atom is -0.377 e. The van der Waals surface area contributed by atoms with Crippen LogP contribution in [0.15, 0.2) is 0 Å². The molecule has 3 heteroatoms. The molecular weight excluding hydrogens is 164 g/mol. The number of nitrogens with one attached hydrogen (secondary N) is 1. The summed E-state index contributed by atoms with van der Waals surface area (Å²) in [4.78, 5) is 0. The molecule has 1 unspecified atom stereocenters. The van der Waals surface area contributed by atoms with Gasteiger partial charge in [-0.15, -0.1) is 0 Å². The van der Waals surface area contributed by atoms with E-state index in [9.17, 15) is 0 Å². The van der Waals surface area contributed by atoms with Crippen molar-refractivity contribution in [3.8, 4) is 6.07 Å². The van der Waals surface area contributed by atoms with Crippen molar-refractivity contribution in [2.24, 2.45) is 0 Å². The van der Waals surface area contributed by atoms with Crippen LogP contribution in [0.3, 0.4) is 0 Å². The minimum absolute atomic E-state index is 0.150. The molecule has 0 saturated heterocycles. The molecule has 3 nitrogen and oxygen atoms in total. The van der Waals surface area contributed by atoms with Crippen molar-refractivity contribution in [1.29, 1.82) is 5.26 Å². The molecule has 0 saturated carbocycles. The van der Waals surface area contributed by atoms with Gasteiger partial charge in [0.05, 0.1) is 18.1 Å². The molecule has 0 aliphatic heterocycles. The monoisotopic (exact) mass is 184 g/mol. The highest BCUT2D eigenvalue weighted by Gasteiger charge is 2.17. The molecule has 0 aliphatic rings. The summed E-state index contributed by atoms with van der Waals surface area (Å²) in [6.45, 7) is 6.91. The van der Waals surface area contributed by atoms with Crippen molar-refractivity contribution < 1.29 is 4.74 Å². The first-order valence-corrected chi connectivity index (χ1v) is 4.71. The van der Waals surface area contributed by atoms with Crippen LogP contribution in [-0.4, -0.2) is 25.3 Å². The Morgan fingerprint density at radius 3 is 2.54 bits per heavy atom. The van der Waals surface area contributed by atoms with Gasteiger partial charge in [-0.3, -0.25) is 0 Å². The molecule has 0 aromatic heterocycles. The molecule has 0 aliphatic carbocycles. The minimum atomic E-state index is -0.150. The summed E-state index contributed by atoms with van der Waals surface area (Å²) in [5, 5.41) is 11.8.